The molecule has 0 aliphatic carbocycles. The Hall–Kier alpha value is -0.910. The molecule has 19 nitrogen and oxygen atoms in total. The molecule has 0 aromatic carbocycles. The fourth-order valence-electron chi connectivity index (χ4n) is 7.24. The van der Waals surface area contributed by atoms with Gasteiger partial charge in [0, 0.05) is 39.4 Å². The molecule has 0 aromatic heterocycles. The van der Waals surface area contributed by atoms with Crippen LogP contribution in [0.2, 0.25) is 0 Å². The van der Waals surface area contributed by atoms with Crippen molar-refractivity contribution in [1.82, 2.24) is 0 Å². The molecule has 64 heavy (non-hydrogen) atoms. The van der Waals surface area contributed by atoms with Gasteiger partial charge in [-0.3, -0.25) is 13.8 Å². The van der Waals surface area contributed by atoms with Crippen molar-refractivity contribution in [3.05, 3.63) is 12.2 Å². The number of likely N-dealkylation sites (N-methyl/N-ethyl adjacent to an activating group) is 1. The van der Waals surface area contributed by atoms with Crippen LogP contribution in [0.15, 0.2) is 12.2 Å². The van der Waals surface area contributed by atoms with E-state index in [1.807, 2.05) is 21.1 Å². The molecule has 2 heterocycles. The first kappa shape index (κ1) is 61.1. The maximum Gasteiger partial charge on any atom is 1.00 e. The average molecular weight is 968 g/mol. The van der Waals surface area contributed by atoms with E-state index in [4.69, 9.17) is 43.2 Å². The fraction of sp³-hybridized carbons (Fsp3) is 0.881. The van der Waals surface area contributed by atoms with Crippen LogP contribution in [0.3, 0.4) is 0 Å². The molecule has 22 heteroatoms. The predicted octanol–water partition coefficient (Wildman–Crippen LogP) is 1.45. The van der Waals surface area contributed by atoms with Crippen LogP contribution < -0.4 is 40.2 Å². The quantitative estimate of drug-likeness (QED) is 0.0103. The topological polar surface area (TPSA) is 261 Å². The minimum Gasteiger partial charge on any atom is -0.726 e. The predicted molar refractivity (Wildman–Crippen MR) is 230 cm³/mol. The Morgan fingerprint density at radius 2 is 1.48 bits per heavy atom. The number of nitrogens with two attached hydrogens (primary N) is 1. The second-order valence-corrected chi connectivity index (χ2v) is 20.0. The molecule has 2 aliphatic rings. The van der Waals surface area contributed by atoms with Crippen molar-refractivity contribution in [2.45, 2.75) is 172 Å². The molecule has 0 saturated carbocycles. The van der Waals surface area contributed by atoms with E-state index < -0.39 is 55.0 Å². The molecule has 368 valence electrons. The van der Waals surface area contributed by atoms with Crippen LogP contribution in [-0.2, 0) is 66.4 Å². The van der Waals surface area contributed by atoms with Crippen molar-refractivity contribution >= 4 is 36.5 Å². The van der Waals surface area contributed by atoms with Gasteiger partial charge < -0.3 is 48.1 Å². The van der Waals surface area contributed by atoms with Gasteiger partial charge >= 0.3 is 55.6 Å². The van der Waals surface area contributed by atoms with Crippen molar-refractivity contribution in [1.29, 1.82) is 0 Å². The number of carbonyl (C=O) groups is 3. The number of unbranched alkanes of at least 4 members (excludes halogenated alkanes) is 13. The number of carbonyl (C=O) groups excluding carboxylic acids is 3. The average Bonchev–Trinajstić information content (AvgIpc) is 3.48. The SMILES string of the molecule is CC(=O)OC[C@H](CO[P+]([O-])(O)OCC[N+](C)(C)C)OC(=O)/C=C/CCCCC[C@H]1O[C@]2(CCCCCCCCCCCCCOCC(N)COS(=O)(=O)[O-])CC[C@@H](OC(C)=O)[C@@H]1O2.[Na+]. The Morgan fingerprint density at radius 3 is 2.09 bits per heavy atom. The molecule has 7 atom stereocenters. The Balaban J connectivity index is 0.0000205. The van der Waals surface area contributed by atoms with Crippen LogP contribution in [0.25, 0.3) is 0 Å². The molecule has 0 spiro atoms. The zero-order chi connectivity index (χ0) is 46.8. The summed E-state index contributed by atoms with van der Waals surface area (Å²) in [5.41, 5.74) is 5.67. The molecule has 2 rings (SSSR count). The van der Waals surface area contributed by atoms with Crippen LogP contribution in [-0.4, -0.2) is 144 Å². The summed E-state index contributed by atoms with van der Waals surface area (Å²) in [7, 11) is -3.45. The minimum atomic E-state index is -4.74. The summed E-state index contributed by atoms with van der Waals surface area (Å²) < 4.78 is 80.5. The van der Waals surface area contributed by atoms with Crippen LogP contribution in [0.5, 0.6) is 0 Å². The van der Waals surface area contributed by atoms with Crippen LogP contribution in [0, 0.1) is 0 Å². The van der Waals surface area contributed by atoms with Gasteiger partial charge in [-0.1, -0.05) is 76.7 Å². The number of esters is 3. The summed E-state index contributed by atoms with van der Waals surface area (Å²) in [6.45, 7) is 2.48. The van der Waals surface area contributed by atoms with E-state index in [9.17, 15) is 37.1 Å². The van der Waals surface area contributed by atoms with E-state index in [0.717, 1.165) is 70.6 Å². The minimum absolute atomic E-state index is 0. The normalized spacial score (nSPS) is 21.8. The number of phosphoric ester groups is 1. The first-order valence-electron chi connectivity index (χ1n) is 22.6. The summed E-state index contributed by atoms with van der Waals surface area (Å²) in [5, 5.41) is 0. The zero-order valence-electron chi connectivity index (χ0n) is 39.3. The first-order valence-corrected chi connectivity index (χ1v) is 25.4. The Bertz CT molecular complexity index is 1460. The number of hydrogen-bond acceptors (Lipinski definition) is 18. The Kier molecular flexibility index (Phi) is 31.3. The number of rotatable bonds is 37. The maximum atomic E-state index is 12.5. The largest absolute Gasteiger partial charge is 1.00 e. The Labute approximate surface area is 404 Å². The summed E-state index contributed by atoms with van der Waals surface area (Å²) >= 11 is 0. The van der Waals surface area contributed by atoms with E-state index in [2.05, 4.69) is 4.18 Å². The standard InChI is InChI=1S/C42H77N2O17PS.Na/c1-34(45)54-32-37(33-56-62(48,49)55-29-27-44(3,4)5)59-40(47)23-19-15-13-14-18-22-39-41-38(58-35(2)46)24-26-42(60-39,61-41)25-20-16-11-9-7-6-8-10-12-17-21-28-53-30-36(43)31-57-63(50,51)52;/h19,23,36-39,41H,6-18,20-22,24-33,43H2,1-5H3,(H-,48,49,50,51,52);/q;+1/b23-19+;/t36?,37-,38-,39-,41+,42+;/m1./s1. The summed E-state index contributed by atoms with van der Waals surface area (Å²) in [6.07, 6.45) is 19.3. The van der Waals surface area contributed by atoms with Crippen molar-refractivity contribution in [2.24, 2.45) is 5.73 Å². The molecule has 0 amide bonds. The molecule has 0 radical (unpaired) electrons. The van der Waals surface area contributed by atoms with Gasteiger partial charge in [0.1, 0.15) is 38.6 Å². The first-order chi connectivity index (χ1) is 29.7. The zero-order valence-corrected chi connectivity index (χ0v) is 43.0. The Morgan fingerprint density at radius 1 is 0.859 bits per heavy atom. The van der Waals surface area contributed by atoms with Crippen LogP contribution in [0.1, 0.15) is 136 Å². The molecule has 2 bridgehead atoms. The van der Waals surface area contributed by atoms with E-state index in [-0.39, 0.29) is 80.3 Å². The maximum absolute atomic E-state index is 12.5. The molecule has 2 saturated heterocycles. The van der Waals surface area contributed by atoms with Gasteiger partial charge in [0.2, 0.25) is 10.4 Å². The van der Waals surface area contributed by atoms with E-state index in [1.54, 1.807) is 6.08 Å². The summed E-state index contributed by atoms with van der Waals surface area (Å²) in [6, 6.07) is -0.659. The molecule has 3 N–H and O–H groups in total. The third-order valence-electron chi connectivity index (χ3n) is 10.5. The molecule has 0 aromatic rings. The van der Waals surface area contributed by atoms with Crippen LogP contribution >= 0.6 is 8.17 Å². The smallest absolute Gasteiger partial charge is 0.726 e. The van der Waals surface area contributed by atoms with Gasteiger partial charge in [0.25, 0.3) is 0 Å². The molecule has 2 unspecified atom stereocenters. The second-order valence-electron chi connectivity index (χ2n) is 17.5. The number of allylic oxidation sites excluding steroid dienone is 1. The van der Waals surface area contributed by atoms with E-state index in [1.165, 1.54) is 52.0 Å². The van der Waals surface area contributed by atoms with Gasteiger partial charge in [-0.2, -0.15) is 13.9 Å². The van der Waals surface area contributed by atoms with Crippen molar-refractivity contribution < 1.29 is 113 Å². The third kappa shape index (κ3) is 30.5. The van der Waals surface area contributed by atoms with Crippen LogP contribution in [0.4, 0.5) is 0 Å². The van der Waals surface area contributed by atoms with Gasteiger partial charge in [0.15, 0.2) is 11.9 Å². The van der Waals surface area contributed by atoms with Gasteiger partial charge in [0.05, 0.1) is 46.5 Å². The fourth-order valence-corrected chi connectivity index (χ4v) is 8.32. The molecular weight excluding hydrogens is 890 g/mol. The molecule has 2 fully saturated rings. The van der Waals surface area contributed by atoms with Gasteiger partial charge in [-0.15, -0.1) is 0 Å². The van der Waals surface area contributed by atoms with E-state index in [0.29, 0.717) is 36.9 Å². The summed E-state index contributed by atoms with van der Waals surface area (Å²) in [4.78, 5) is 58.0. The van der Waals surface area contributed by atoms with Crippen molar-refractivity contribution in [2.75, 3.05) is 67.3 Å². The van der Waals surface area contributed by atoms with Gasteiger partial charge in [-0.25, -0.2) is 13.2 Å². The van der Waals surface area contributed by atoms with Gasteiger partial charge in [-0.05, 0) is 38.5 Å². The number of quaternary nitrogens is 1. The summed E-state index contributed by atoms with van der Waals surface area (Å²) in [5.74, 6) is -2.29. The molecule has 2 aliphatic heterocycles. The molecular formula is C42H77N2NaO17PS+. The second kappa shape index (κ2) is 32.8. The third-order valence-corrected chi connectivity index (χ3v) is 11.9. The van der Waals surface area contributed by atoms with E-state index >= 15 is 0 Å². The van der Waals surface area contributed by atoms with Crippen molar-refractivity contribution in [3.63, 3.8) is 0 Å². The van der Waals surface area contributed by atoms with Crippen molar-refractivity contribution in [3.8, 4) is 0 Å². The number of phosphoric acid groups is 1. The number of nitrogens with zero attached hydrogens (tertiary/aromatic N) is 1. The number of hydrogen-bond donors (Lipinski definition) is 2. The number of fused-ring (bicyclic) bond motifs is 2. The monoisotopic (exact) mass is 967 g/mol. The number of ether oxygens (including phenoxy) is 6.